The molecule has 0 unspecified atom stereocenters. The minimum Gasteiger partial charge on any atom is -0.388 e. The largest absolute Gasteiger partial charge is 0.388 e. The molecule has 0 amide bonds. The van der Waals surface area contributed by atoms with Gasteiger partial charge in [0.25, 0.3) is 0 Å². The summed E-state index contributed by atoms with van der Waals surface area (Å²) in [6, 6.07) is 0. The number of ether oxygens (including phenoxy) is 5. The molecule has 228 valence electrons. The summed E-state index contributed by atoms with van der Waals surface area (Å²) >= 11 is 0. The van der Waals surface area contributed by atoms with Crippen molar-refractivity contribution in [1.82, 2.24) is 4.90 Å². The van der Waals surface area contributed by atoms with Crippen molar-refractivity contribution < 1.29 is 32.5 Å². The Morgan fingerprint density at radius 2 is 0.971 bits per heavy atom. The molecular weight excluding hydrogens is 456 g/mol. The van der Waals surface area contributed by atoms with Gasteiger partial charge < -0.3 is 28.6 Å². The van der Waals surface area contributed by atoms with Gasteiger partial charge in [0, 0.05) is 56.2 Å². The van der Waals surface area contributed by atoms with Crippen LogP contribution < -0.4 is 0 Å². The van der Waals surface area contributed by atoms with Crippen LogP contribution in [0.4, 0.5) is 8.78 Å². The predicted molar refractivity (Wildman–Crippen MR) is 155 cm³/mol. The molecule has 0 aromatic rings. The summed E-state index contributed by atoms with van der Waals surface area (Å²) in [6.45, 7) is 16.0. The molecule has 8 heteroatoms. The van der Waals surface area contributed by atoms with Crippen LogP contribution in [-0.2, 0) is 23.7 Å². The molecule has 35 heavy (non-hydrogen) atoms. The van der Waals surface area contributed by atoms with Gasteiger partial charge >= 0.3 is 6.11 Å². The van der Waals surface area contributed by atoms with Crippen molar-refractivity contribution in [2.24, 2.45) is 0 Å². The van der Waals surface area contributed by atoms with Gasteiger partial charge in [-0.15, -0.1) is 0 Å². The molecule has 1 fully saturated rings. The number of halogens is 2. The van der Waals surface area contributed by atoms with E-state index < -0.39 is 6.11 Å². The zero-order valence-electron chi connectivity index (χ0n) is 25.4. The van der Waals surface area contributed by atoms with Crippen molar-refractivity contribution in [3.8, 4) is 0 Å². The molecule has 1 aliphatic rings. The van der Waals surface area contributed by atoms with Crippen LogP contribution in [0.2, 0.25) is 0 Å². The lowest BCUT2D eigenvalue weighted by atomic mass is 10.5. The number of rotatable bonds is 4. The van der Waals surface area contributed by atoms with Crippen LogP contribution in [-0.4, -0.2) is 93.6 Å². The van der Waals surface area contributed by atoms with Crippen LogP contribution in [0, 0.1) is 0 Å². The molecule has 0 heterocycles. The highest BCUT2D eigenvalue weighted by Gasteiger charge is 2.19. The molecule has 0 N–H and O–H groups in total. The lowest BCUT2D eigenvalue weighted by Gasteiger charge is -2.03. The monoisotopic (exact) mass is 528 g/mol. The second kappa shape index (κ2) is 59.0. The first kappa shape index (κ1) is 59.6. The maximum Gasteiger partial charge on any atom is 0.352 e. The van der Waals surface area contributed by atoms with Crippen molar-refractivity contribution in [3.05, 3.63) is 0 Å². The maximum absolute atomic E-state index is 11.2. The van der Waals surface area contributed by atoms with Crippen LogP contribution in [0.15, 0.2) is 0 Å². The number of hydrogen-bond donors (Lipinski definition) is 0. The topological polar surface area (TPSA) is 49.4 Å². The Hall–Kier alpha value is -0.380. The predicted octanol–water partition coefficient (Wildman–Crippen LogP) is 8.28. The van der Waals surface area contributed by atoms with E-state index in [0.717, 1.165) is 13.7 Å². The summed E-state index contributed by atoms with van der Waals surface area (Å²) in [7, 11) is 15.3. The van der Waals surface area contributed by atoms with Gasteiger partial charge in [-0.25, -0.2) is 0 Å². The van der Waals surface area contributed by atoms with Crippen LogP contribution >= 0.6 is 0 Å². The fourth-order valence-corrected chi connectivity index (χ4v) is 0.304. The summed E-state index contributed by atoms with van der Waals surface area (Å²) in [6.07, 6.45) is 3.14. The zero-order valence-corrected chi connectivity index (χ0v) is 25.4. The lowest BCUT2D eigenvalue weighted by Crippen LogP contribution is -2.10. The second-order valence-electron chi connectivity index (χ2n) is 7.47. The summed E-state index contributed by atoms with van der Waals surface area (Å²) in [5, 5.41) is 0. The van der Waals surface area contributed by atoms with Gasteiger partial charge in [0.2, 0.25) is 0 Å². The molecule has 0 atom stereocenters. The summed E-state index contributed by atoms with van der Waals surface area (Å²) in [5.41, 5.74) is 0. The molecule has 0 aliphatic heterocycles. The van der Waals surface area contributed by atoms with E-state index in [9.17, 15) is 8.78 Å². The third-order valence-corrected chi connectivity index (χ3v) is 1.98. The number of methoxy groups -OCH3 is 5. The maximum atomic E-state index is 11.2. The molecule has 1 rings (SSSR count). The van der Waals surface area contributed by atoms with Gasteiger partial charge in [0.05, 0.1) is 12.2 Å². The molecule has 1 saturated carbocycles. The third kappa shape index (κ3) is 298. The van der Waals surface area contributed by atoms with E-state index in [1.807, 2.05) is 46.8 Å². The molecule has 0 radical (unpaired) electrons. The number of nitrogens with zero attached hydrogens (tertiary/aromatic N) is 1. The summed E-state index contributed by atoms with van der Waals surface area (Å²) < 4.78 is 44.5. The fourth-order valence-electron chi connectivity index (χ4n) is 0.304. The average Bonchev–Trinajstić information content (AvgIpc) is 3.55. The Balaban J connectivity index is -0.0000000317. The molecule has 6 nitrogen and oxygen atoms in total. The first-order valence-corrected chi connectivity index (χ1v) is 11.6. The van der Waals surface area contributed by atoms with Gasteiger partial charge in [0.1, 0.15) is 0 Å². The number of hydrogen-bond acceptors (Lipinski definition) is 6. The van der Waals surface area contributed by atoms with E-state index in [0.29, 0.717) is 19.1 Å². The summed E-state index contributed by atoms with van der Waals surface area (Å²) in [4.78, 5) is 2.00. The van der Waals surface area contributed by atoms with Gasteiger partial charge in [-0.1, -0.05) is 55.4 Å². The molecule has 0 saturated heterocycles. The van der Waals surface area contributed by atoms with Crippen molar-refractivity contribution in [3.63, 3.8) is 0 Å². The van der Waals surface area contributed by atoms with Crippen molar-refractivity contribution in [2.75, 3.05) is 70.4 Å². The average molecular weight is 528 g/mol. The lowest BCUT2D eigenvalue weighted by molar-refractivity contribution is -0.205. The highest BCUT2D eigenvalue weighted by atomic mass is 19.3. The Kier molecular flexibility index (Phi) is 101. The van der Waals surface area contributed by atoms with Gasteiger partial charge in [-0.05, 0) is 54.8 Å². The SMILES string of the molecule is C.C.CCC.CCC.CCOC.CN(C)C.COC.COC(C)(F)F.COC(C)C.COC1CC1. The van der Waals surface area contributed by atoms with Gasteiger partial charge in [-0.2, -0.15) is 8.78 Å². The Morgan fingerprint density at radius 1 is 0.800 bits per heavy atom. The van der Waals surface area contributed by atoms with E-state index in [1.54, 1.807) is 35.5 Å². The zero-order chi connectivity index (χ0) is 28.3. The van der Waals surface area contributed by atoms with E-state index in [1.165, 1.54) is 25.7 Å². The molecule has 0 spiro atoms. The van der Waals surface area contributed by atoms with Crippen LogP contribution in [0.25, 0.3) is 0 Å². The quantitative estimate of drug-likeness (QED) is 0.366. The van der Waals surface area contributed by atoms with Crippen LogP contribution in [0.1, 0.15) is 95.9 Å². The van der Waals surface area contributed by atoms with Gasteiger partial charge in [-0.3, -0.25) is 0 Å². The van der Waals surface area contributed by atoms with Crippen molar-refractivity contribution in [2.45, 2.75) is 114 Å². The normalized spacial score (nSPS) is 10.2. The molecule has 0 aromatic carbocycles. The summed E-state index contributed by atoms with van der Waals surface area (Å²) in [5.74, 6) is 0. The first-order chi connectivity index (χ1) is 15.2. The highest BCUT2D eigenvalue weighted by molar-refractivity contribution is 4.71. The molecule has 1 aliphatic carbocycles. The second-order valence-corrected chi connectivity index (χ2v) is 7.47. The fraction of sp³-hybridized carbons (Fsp3) is 1.00. The molecule has 0 aromatic heterocycles. The van der Waals surface area contributed by atoms with E-state index >= 15 is 0 Å². The molecular formula is C27H71F2NO5. The Morgan fingerprint density at radius 3 is 0.971 bits per heavy atom. The highest BCUT2D eigenvalue weighted by Crippen LogP contribution is 2.21. The van der Waals surface area contributed by atoms with Crippen molar-refractivity contribution >= 4 is 0 Å². The van der Waals surface area contributed by atoms with Crippen LogP contribution in [0.3, 0.4) is 0 Å². The standard InChI is InChI=1S/C4H8O.C4H10O.C3H6F2O.C3H9N.C3H8O.2C3H8.C2H6O.2CH4/c1-5-4-2-3-4;1-4(2)5-3;1-3(4,5)6-2;1-4(2)3;1-3-4-2;3*1-3-2;;/h4H,2-3H2,1H3;4H,1-3H3;1-2H3;1-3H3;3H2,1-2H3;2*3H2,1-2H3;1-2H3;2*1H4. The van der Waals surface area contributed by atoms with E-state index in [-0.39, 0.29) is 14.9 Å². The Bertz CT molecular complexity index is 241. The van der Waals surface area contributed by atoms with Gasteiger partial charge in [0.15, 0.2) is 0 Å². The van der Waals surface area contributed by atoms with Crippen molar-refractivity contribution in [1.29, 1.82) is 0 Å². The van der Waals surface area contributed by atoms with E-state index in [4.69, 9.17) is 9.47 Å². The third-order valence-electron chi connectivity index (χ3n) is 1.98. The Labute approximate surface area is 222 Å². The number of alkyl halides is 2. The minimum absolute atomic E-state index is 0. The van der Waals surface area contributed by atoms with E-state index in [2.05, 4.69) is 41.9 Å². The minimum atomic E-state index is -2.96. The molecule has 0 bridgehead atoms. The first-order valence-electron chi connectivity index (χ1n) is 11.6. The van der Waals surface area contributed by atoms with Crippen LogP contribution in [0.5, 0.6) is 0 Å². The smallest absolute Gasteiger partial charge is 0.352 e.